The Kier molecular flexibility index (Phi) is 4.01. The number of hydrogen-bond donors (Lipinski definition) is 2. The molecule has 0 amide bonds. The lowest BCUT2D eigenvalue weighted by Gasteiger charge is -2.26. The van der Waals surface area contributed by atoms with Gasteiger partial charge in [0.25, 0.3) is 0 Å². The van der Waals surface area contributed by atoms with E-state index in [1.54, 1.807) is 11.0 Å². The number of aliphatic carboxylic acids is 1. The predicted octanol–water partition coefficient (Wildman–Crippen LogP) is 2.27. The molecule has 2 unspecified atom stereocenters. The minimum absolute atomic E-state index is 0.117. The highest BCUT2D eigenvalue weighted by Gasteiger charge is 2.36. The molecule has 0 saturated carbocycles. The Morgan fingerprint density at radius 2 is 2.20 bits per heavy atom. The molecule has 0 spiro atoms. The van der Waals surface area contributed by atoms with Gasteiger partial charge in [-0.3, -0.25) is 9.69 Å². The molecule has 4 heteroatoms. The van der Waals surface area contributed by atoms with Crippen molar-refractivity contribution in [3.63, 3.8) is 0 Å². The zero-order valence-corrected chi connectivity index (χ0v) is 11.8. The summed E-state index contributed by atoms with van der Waals surface area (Å²) in [5, 5.41) is 19.2. The van der Waals surface area contributed by atoms with E-state index < -0.39 is 5.97 Å². The third-order valence-corrected chi connectivity index (χ3v) is 3.96. The van der Waals surface area contributed by atoms with Gasteiger partial charge in [0, 0.05) is 11.6 Å². The number of benzene rings is 1. The summed E-state index contributed by atoms with van der Waals surface area (Å²) < 4.78 is 0. The smallest absolute Gasteiger partial charge is 0.317 e. The molecule has 1 aromatic carbocycles. The highest BCUT2D eigenvalue weighted by Crippen LogP contribution is 2.48. The van der Waals surface area contributed by atoms with E-state index in [1.807, 2.05) is 13.0 Å². The van der Waals surface area contributed by atoms with Gasteiger partial charge in [-0.05, 0) is 36.5 Å². The van der Waals surface area contributed by atoms with Crippen LogP contribution in [-0.2, 0) is 4.79 Å². The molecule has 0 saturated heterocycles. The molecule has 1 aliphatic carbocycles. The van der Waals surface area contributed by atoms with Gasteiger partial charge in [-0.1, -0.05) is 18.9 Å². The molecule has 0 fully saturated rings. The predicted molar refractivity (Wildman–Crippen MR) is 76.7 cm³/mol. The van der Waals surface area contributed by atoms with Crippen LogP contribution in [0.5, 0.6) is 5.75 Å². The standard InChI is InChI=1S/C16H19NO3/c1-4-7-17(9-14(19)20)12-8-11(3)15-10(2)5-6-13(18)16(12)15/h1,5-6,11-12,18H,7-9H2,2-3H3,(H,19,20). The number of aryl methyl sites for hydroxylation is 1. The fourth-order valence-electron chi connectivity index (χ4n) is 3.21. The number of carbonyl (C=O) groups is 1. The molecule has 0 heterocycles. The maximum absolute atomic E-state index is 11.0. The second kappa shape index (κ2) is 5.56. The summed E-state index contributed by atoms with van der Waals surface area (Å²) in [6.07, 6.45) is 6.13. The molecule has 106 valence electrons. The first-order valence-electron chi connectivity index (χ1n) is 6.67. The monoisotopic (exact) mass is 273 g/mol. The van der Waals surface area contributed by atoms with E-state index >= 15 is 0 Å². The van der Waals surface area contributed by atoms with Crippen molar-refractivity contribution in [1.82, 2.24) is 4.90 Å². The summed E-state index contributed by atoms with van der Waals surface area (Å²) in [5.41, 5.74) is 3.10. The van der Waals surface area contributed by atoms with E-state index in [4.69, 9.17) is 11.5 Å². The Balaban J connectivity index is 2.44. The van der Waals surface area contributed by atoms with Gasteiger partial charge in [-0.2, -0.15) is 0 Å². The molecule has 20 heavy (non-hydrogen) atoms. The molecule has 0 aromatic heterocycles. The molecule has 2 atom stereocenters. The van der Waals surface area contributed by atoms with Crippen LogP contribution in [0.15, 0.2) is 12.1 Å². The lowest BCUT2D eigenvalue weighted by Crippen LogP contribution is -2.33. The van der Waals surface area contributed by atoms with Crippen molar-refractivity contribution in [3.8, 4) is 18.1 Å². The van der Waals surface area contributed by atoms with Gasteiger partial charge in [0.1, 0.15) is 5.75 Å². The Hall–Kier alpha value is -1.99. The van der Waals surface area contributed by atoms with Crippen LogP contribution >= 0.6 is 0 Å². The normalized spacial score (nSPS) is 20.7. The largest absolute Gasteiger partial charge is 0.508 e. The van der Waals surface area contributed by atoms with Crippen LogP contribution in [0.4, 0.5) is 0 Å². The highest BCUT2D eigenvalue weighted by atomic mass is 16.4. The van der Waals surface area contributed by atoms with E-state index in [0.717, 1.165) is 23.1 Å². The van der Waals surface area contributed by atoms with Crippen LogP contribution in [0.25, 0.3) is 0 Å². The molecule has 2 N–H and O–H groups in total. The summed E-state index contributed by atoms with van der Waals surface area (Å²) >= 11 is 0. The maximum atomic E-state index is 11.0. The minimum atomic E-state index is -0.909. The number of terminal acetylenes is 1. The number of fused-ring (bicyclic) bond motifs is 1. The molecule has 0 aliphatic heterocycles. The first kappa shape index (κ1) is 14.4. The first-order valence-corrected chi connectivity index (χ1v) is 6.67. The summed E-state index contributed by atoms with van der Waals surface area (Å²) in [4.78, 5) is 12.8. The molecular formula is C16H19NO3. The van der Waals surface area contributed by atoms with Crippen LogP contribution < -0.4 is 0 Å². The van der Waals surface area contributed by atoms with Crippen molar-refractivity contribution < 1.29 is 15.0 Å². The second-order valence-electron chi connectivity index (χ2n) is 5.38. The number of rotatable bonds is 4. The molecule has 1 aliphatic rings. The second-order valence-corrected chi connectivity index (χ2v) is 5.38. The van der Waals surface area contributed by atoms with Gasteiger partial charge in [-0.25, -0.2) is 0 Å². The quantitative estimate of drug-likeness (QED) is 0.826. The van der Waals surface area contributed by atoms with Crippen LogP contribution in [-0.4, -0.2) is 34.2 Å². The van der Waals surface area contributed by atoms with E-state index in [-0.39, 0.29) is 30.8 Å². The zero-order valence-electron chi connectivity index (χ0n) is 11.8. The van der Waals surface area contributed by atoms with Crippen LogP contribution in [0, 0.1) is 19.3 Å². The SMILES string of the molecule is C#CCN(CC(=O)O)C1CC(C)c2c(C)ccc(O)c21. The van der Waals surface area contributed by atoms with Gasteiger partial charge in [0.05, 0.1) is 13.1 Å². The summed E-state index contributed by atoms with van der Waals surface area (Å²) in [7, 11) is 0. The average Bonchev–Trinajstić information content (AvgIpc) is 2.72. The Morgan fingerprint density at radius 3 is 2.80 bits per heavy atom. The zero-order chi connectivity index (χ0) is 14.9. The maximum Gasteiger partial charge on any atom is 0.317 e. The molecule has 2 rings (SSSR count). The number of carboxylic acid groups (broad SMARTS) is 1. The number of phenolic OH excluding ortho intramolecular Hbond substituents is 1. The van der Waals surface area contributed by atoms with Crippen LogP contribution in [0.1, 0.15) is 42.0 Å². The number of phenols is 1. The van der Waals surface area contributed by atoms with E-state index in [1.165, 1.54) is 0 Å². The lowest BCUT2D eigenvalue weighted by atomic mass is 9.97. The topological polar surface area (TPSA) is 60.8 Å². The van der Waals surface area contributed by atoms with Crippen LogP contribution in [0.2, 0.25) is 0 Å². The van der Waals surface area contributed by atoms with Gasteiger partial charge in [-0.15, -0.1) is 6.42 Å². The molecule has 4 nitrogen and oxygen atoms in total. The van der Waals surface area contributed by atoms with Gasteiger partial charge >= 0.3 is 5.97 Å². The average molecular weight is 273 g/mol. The van der Waals surface area contributed by atoms with E-state index in [0.29, 0.717) is 0 Å². The van der Waals surface area contributed by atoms with Crippen molar-refractivity contribution in [2.45, 2.75) is 32.2 Å². The third kappa shape index (κ3) is 2.50. The Bertz CT molecular complexity index is 574. The fourth-order valence-corrected chi connectivity index (χ4v) is 3.21. The first-order chi connectivity index (χ1) is 9.45. The number of carboxylic acids is 1. The molecule has 1 aromatic rings. The van der Waals surface area contributed by atoms with Gasteiger partial charge < -0.3 is 10.2 Å². The van der Waals surface area contributed by atoms with Crippen molar-refractivity contribution >= 4 is 5.97 Å². The van der Waals surface area contributed by atoms with Gasteiger partial charge in [0.15, 0.2) is 0 Å². The highest BCUT2D eigenvalue weighted by molar-refractivity contribution is 5.69. The van der Waals surface area contributed by atoms with Crippen molar-refractivity contribution in [2.75, 3.05) is 13.1 Å². The Morgan fingerprint density at radius 1 is 1.50 bits per heavy atom. The van der Waals surface area contributed by atoms with Crippen molar-refractivity contribution in [1.29, 1.82) is 0 Å². The fraction of sp³-hybridized carbons (Fsp3) is 0.438. The van der Waals surface area contributed by atoms with E-state index in [2.05, 4.69) is 12.8 Å². The molecule has 0 radical (unpaired) electrons. The summed E-state index contributed by atoms with van der Waals surface area (Å²) in [6, 6.07) is 3.44. The van der Waals surface area contributed by atoms with E-state index in [9.17, 15) is 9.90 Å². The number of nitrogens with zero attached hydrogens (tertiary/aromatic N) is 1. The van der Waals surface area contributed by atoms with Crippen molar-refractivity contribution in [2.24, 2.45) is 0 Å². The Labute approximate surface area is 119 Å². The minimum Gasteiger partial charge on any atom is -0.508 e. The number of hydrogen-bond acceptors (Lipinski definition) is 3. The molecule has 0 bridgehead atoms. The molecular weight excluding hydrogens is 254 g/mol. The van der Waals surface area contributed by atoms with Crippen LogP contribution in [0.3, 0.4) is 0 Å². The van der Waals surface area contributed by atoms with Gasteiger partial charge in [0.2, 0.25) is 0 Å². The summed E-state index contributed by atoms with van der Waals surface area (Å²) in [5.74, 6) is 2.12. The summed E-state index contributed by atoms with van der Waals surface area (Å²) in [6.45, 7) is 4.25. The number of aromatic hydroxyl groups is 1. The lowest BCUT2D eigenvalue weighted by molar-refractivity contribution is -0.138. The third-order valence-electron chi connectivity index (χ3n) is 3.96. The van der Waals surface area contributed by atoms with Crippen molar-refractivity contribution in [3.05, 3.63) is 28.8 Å².